The quantitative estimate of drug-likeness (QED) is 0.127. The van der Waals surface area contributed by atoms with E-state index in [0.29, 0.717) is 0 Å². The lowest BCUT2D eigenvalue weighted by Crippen LogP contribution is -2.28. The van der Waals surface area contributed by atoms with Crippen molar-refractivity contribution in [3.8, 4) is 22.3 Å². The molecule has 306 valence electrons. The second-order valence-electron chi connectivity index (χ2n) is 14.5. The van der Waals surface area contributed by atoms with E-state index in [9.17, 15) is 0 Å². The molecule has 1 aliphatic rings. The molecule has 6 heteroatoms. The summed E-state index contributed by atoms with van der Waals surface area (Å²) in [6.07, 6.45) is 6.12. The van der Waals surface area contributed by atoms with E-state index >= 15 is 0 Å². The zero-order valence-electron chi connectivity index (χ0n) is 35.7. The molecule has 0 unspecified atom stereocenters. The van der Waals surface area contributed by atoms with Crippen molar-refractivity contribution >= 4 is 64.7 Å². The van der Waals surface area contributed by atoms with E-state index in [2.05, 4.69) is 188 Å². The predicted molar refractivity (Wildman–Crippen MR) is 269 cm³/mol. The third-order valence-electron chi connectivity index (χ3n) is 10.8. The number of allylic oxidation sites excluding steroid dienone is 4. The van der Waals surface area contributed by atoms with Gasteiger partial charge in [-0.05, 0) is 91.6 Å². The summed E-state index contributed by atoms with van der Waals surface area (Å²) < 4.78 is 2.23. The van der Waals surface area contributed by atoms with Gasteiger partial charge in [0.1, 0.15) is 5.69 Å². The maximum absolute atomic E-state index is 7.61. The standard InChI is InChI=1S/C28H25N3.C14H12N2.C13H12.CH3N/c1-5-11-21-20-13-8-7-12-19(20)18-31(24(21)6-2)26-17-16-23-22-14-9-10-15-25(22)30(4)28(23)27(26)29-3;1-16-14(15)13-9-5-8-12(10-13)11-6-3-2-4-7-11;1-11-6-5-9-13(10-11)12-7-3-2-4-8-12;1-2/h5-17H,1,3,18H2,2,4H3;2-10,15H,1H2;2-10H,1H3;2H,1H2/b21-11-,24-6+;;;. The van der Waals surface area contributed by atoms with Gasteiger partial charge in [-0.3, -0.25) is 10.4 Å². The van der Waals surface area contributed by atoms with Gasteiger partial charge in [-0.1, -0.05) is 176 Å². The zero-order valence-corrected chi connectivity index (χ0v) is 35.7. The van der Waals surface area contributed by atoms with E-state index in [1.165, 1.54) is 49.7 Å². The molecule has 9 rings (SSSR count). The van der Waals surface area contributed by atoms with Crippen LogP contribution in [0.25, 0.3) is 49.6 Å². The topological polar surface area (TPSA) is 80.6 Å². The summed E-state index contributed by atoms with van der Waals surface area (Å²) in [5, 5.41) is 15.5. The van der Waals surface area contributed by atoms with Gasteiger partial charge in [0.05, 0.1) is 11.2 Å². The van der Waals surface area contributed by atoms with Crippen molar-refractivity contribution in [2.75, 3.05) is 4.90 Å². The molecular formula is C56H52N6. The molecule has 7 aromatic carbocycles. The smallest absolute Gasteiger partial charge is 0.151 e. The number of benzene rings is 7. The maximum atomic E-state index is 7.61. The molecule has 1 aromatic heterocycles. The van der Waals surface area contributed by atoms with Crippen molar-refractivity contribution in [1.29, 1.82) is 10.8 Å². The molecule has 0 aliphatic carbocycles. The van der Waals surface area contributed by atoms with Crippen molar-refractivity contribution in [2.24, 2.45) is 17.0 Å². The minimum Gasteiger partial charge on any atom is -0.342 e. The number of fused-ring (bicyclic) bond motifs is 4. The summed E-state index contributed by atoms with van der Waals surface area (Å²) in [7, 11) is 2.11. The lowest BCUT2D eigenvalue weighted by molar-refractivity contribution is 0.909. The van der Waals surface area contributed by atoms with E-state index in [0.717, 1.165) is 45.8 Å². The number of para-hydroxylation sites is 1. The molecule has 8 aromatic rings. The molecular weight excluding hydrogens is 757 g/mol. The minimum absolute atomic E-state index is 0.206. The van der Waals surface area contributed by atoms with Crippen molar-refractivity contribution in [1.82, 2.24) is 4.57 Å². The summed E-state index contributed by atoms with van der Waals surface area (Å²) in [5.41, 5.74) is 16.0. The summed E-state index contributed by atoms with van der Waals surface area (Å²) in [6.45, 7) is 18.8. The van der Waals surface area contributed by atoms with Crippen molar-refractivity contribution in [3.05, 3.63) is 223 Å². The second-order valence-corrected chi connectivity index (χ2v) is 14.5. The SMILES string of the molecule is C=C/C=C1\C(=C/C)N(c2ccc3c4ccccc4n(C)c3c2N=C)Cc2ccccc21.C=N.C=NC(=N)c1cccc(-c2ccccc2)c1.Cc1cccc(-c2ccccc2)c1. The Labute approximate surface area is 365 Å². The van der Waals surface area contributed by atoms with Gasteiger partial charge < -0.3 is 14.9 Å². The second kappa shape index (κ2) is 20.8. The number of rotatable bonds is 6. The molecule has 0 saturated heterocycles. The number of aryl methyl sites for hydroxylation is 2. The molecule has 6 nitrogen and oxygen atoms in total. The summed E-state index contributed by atoms with van der Waals surface area (Å²) >= 11 is 0. The van der Waals surface area contributed by atoms with Crippen LogP contribution < -0.4 is 4.90 Å². The first kappa shape index (κ1) is 43.6. The van der Waals surface area contributed by atoms with Crippen LogP contribution in [0.4, 0.5) is 11.4 Å². The number of aromatic nitrogens is 1. The average molecular weight is 809 g/mol. The van der Waals surface area contributed by atoms with Crippen molar-refractivity contribution in [2.45, 2.75) is 20.4 Å². The number of nitrogens with one attached hydrogen (secondary N) is 2. The van der Waals surface area contributed by atoms with E-state index in [-0.39, 0.29) is 5.84 Å². The van der Waals surface area contributed by atoms with Gasteiger partial charge in [-0.25, -0.2) is 4.99 Å². The fourth-order valence-corrected chi connectivity index (χ4v) is 7.92. The van der Waals surface area contributed by atoms with Crippen LogP contribution in [0.15, 0.2) is 210 Å². The molecule has 62 heavy (non-hydrogen) atoms. The van der Waals surface area contributed by atoms with Crippen molar-refractivity contribution in [3.63, 3.8) is 0 Å². The van der Waals surface area contributed by atoms with Crippen LogP contribution in [0.5, 0.6) is 0 Å². The summed E-state index contributed by atoms with van der Waals surface area (Å²) in [5.74, 6) is 0.206. The fourth-order valence-electron chi connectivity index (χ4n) is 7.92. The highest BCUT2D eigenvalue weighted by Crippen LogP contribution is 2.46. The number of hydrogen-bond acceptors (Lipinski definition) is 4. The van der Waals surface area contributed by atoms with E-state index in [1.54, 1.807) is 0 Å². The van der Waals surface area contributed by atoms with Crippen LogP contribution in [0.1, 0.15) is 29.2 Å². The molecule has 2 heterocycles. The van der Waals surface area contributed by atoms with Gasteiger partial charge in [0, 0.05) is 46.7 Å². The van der Waals surface area contributed by atoms with E-state index < -0.39 is 0 Å². The number of amidine groups is 1. The first-order valence-corrected chi connectivity index (χ1v) is 20.4. The molecule has 0 fully saturated rings. The third-order valence-corrected chi connectivity index (χ3v) is 10.8. The Kier molecular flexibility index (Phi) is 14.7. The van der Waals surface area contributed by atoms with Gasteiger partial charge in [0.15, 0.2) is 5.84 Å². The normalized spacial score (nSPS) is 12.8. The molecule has 0 amide bonds. The van der Waals surface area contributed by atoms with Gasteiger partial charge in [0.2, 0.25) is 0 Å². The molecule has 0 spiro atoms. The van der Waals surface area contributed by atoms with Gasteiger partial charge >= 0.3 is 0 Å². The average Bonchev–Trinajstić information content (AvgIpc) is 3.63. The van der Waals surface area contributed by atoms with Gasteiger partial charge in [0.25, 0.3) is 0 Å². The van der Waals surface area contributed by atoms with Crippen LogP contribution in [0.3, 0.4) is 0 Å². The highest BCUT2D eigenvalue weighted by molar-refractivity contribution is 6.14. The maximum Gasteiger partial charge on any atom is 0.151 e. The third kappa shape index (κ3) is 9.41. The van der Waals surface area contributed by atoms with Crippen LogP contribution >= 0.6 is 0 Å². The Bertz CT molecular complexity index is 2920. The lowest BCUT2D eigenvalue weighted by atomic mass is 9.90. The highest BCUT2D eigenvalue weighted by Gasteiger charge is 2.27. The number of nitrogens with zero attached hydrogens (tertiary/aromatic N) is 4. The Morgan fingerprint density at radius 3 is 1.89 bits per heavy atom. The monoisotopic (exact) mass is 808 g/mol. The predicted octanol–water partition coefficient (Wildman–Crippen LogP) is 14.5. The number of hydrogen-bond donors (Lipinski definition) is 2. The van der Waals surface area contributed by atoms with Crippen LogP contribution in [0, 0.1) is 17.7 Å². The van der Waals surface area contributed by atoms with Crippen LogP contribution in [0.2, 0.25) is 0 Å². The van der Waals surface area contributed by atoms with Crippen LogP contribution in [-0.4, -0.2) is 30.6 Å². The Balaban J connectivity index is 0.000000172. The minimum atomic E-state index is 0.206. The number of anilines is 1. The molecule has 2 N–H and O–H groups in total. The summed E-state index contributed by atoms with van der Waals surface area (Å²) in [6, 6.07) is 58.3. The van der Waals surface area contributed by atoms with E-state index in [1.807, 2.05) is 66.7 Å². The largest absolute Gasteiger partial charge is 0.342 e. The molecule has 1 aliphatic heterocycles. The van der Waals surface area contributed by atoms with Crippen LogP contribution in [-0.2, 0) is 13.6 Å². The Hall–Kier alpha value is -7.96. The zero-order chi connectivity index (χ0) is 44.0. The first-order chi connectivity index (χ1) is 30.4. The number of aliphatic imine (C=N–C) groups is 2. The fraction of sp³-hybridized carbons (Fsp3) is 0.0714. The Morgan fingerprint density at radius 1 is 0.661 bits per heavy atom. The first-order valence-electron chi connectivity index (χ1n) is 20.4. The summed E-state index contributed by atoms with van der Waals surface area (Å²) in [4.78, 5) is 10.5. The van der Waals surface area contributed by atoms with Crippen molar-refractivity contribution < 1.29 is 0 Å². The molecule has 0 atom stereocenters. The van der Waals surface area contributed by atoms with Gasteiger partial charge in [-0.2, -0.15) is 0 Å². The highest BCUT2D eigenvalue weighted by atomic mass is 15.2. The lowest BCUT2D eigenvalue weighted by Gasteiger charge is -2.36. The molecule has 0 bridgehead atoms. The molecule has 0 radical (unpaired) electrons. The Morgan fingerprint density at radius 2 is 1.26 bits per heavy atom. The molecule has 0 saturated carbocycles. The van der Waals surface area contributed by atoms with E-state index in [4.69, 9.17) is 10.8 Å². The van der Waals surface area contributed by atoms with Gasteiger partial charge in [-0.15, -0.1) is 0 Å².